The van der Waals surface area contributed by atoms with E-state index in [0.29, 0.717) is 41.6 Å². The summed E-state index contributed by atoms with van der Waals surface area (Å²) in [6.45, 7) is 3.92. The van der Waals surface area contributed by atoms with Gasteiger partial charge in [0.05, 0.1) is 18.0 Å². The van der Waals surface area contributed by atoms with Crippen LogP contribution in [0.1, 0.15) is 36.6 Å². The third-order valence-electron chi connectivity index (χ3n) is 7.48. The summed E-state index contributed by atoms with van der Waals surface area (Å²) in [6, 6.07) is 3.73. The van der Waals surface area contributed by atoms with E-state index in [-0.39, 0.29) is 23.8 Å². The summed E-state index contributed by atoms with van der Waals surface area (Å²) in [4.78, 5) is 16.1. The molecule has 35 heavy (non-hydrogen) atoms. The number of rotatable bonds is 4. The third kappa shape index (κ3) is 4.36. The summed E-state index contributed by atoms with van der Waals surface area (Å²) >= 11 is 0. The fourth-order valence-electron chi connectivity index (χ4n) is 5.71. The molecule has 0 radical (unpaired) electrons. The minimum absolute atomic E-state index is 0.143. The highest BCUT2D eigenvalue weighted by atomic mass is 19.4. The molecule has 0 spiro atoms. The minimum Gasteiger partial charge on any atom is -0.369 e. The molecule has 1 saturated carbocycles. The summed E-state index contributed by atoms with van der Waals surface area (Å²) < 4.78 is 47.6. The van der Waals surface area contributed by atoms with E-state index in [1.54, 1.807) is 18.3 Å². The average molecular weight is 488 g/mol. The van der Waals surface area contributed by atoms with Gasteiger partial charge in [-0.05, 0) is 43.4 Å². The smallest absolute Gasteiger partial charge is 0.369 e. The van der Waals surface area contributed by atoms with Crippen molar-refractivity contribution < 1.29 is 17.9 Å². The molecule has 5 heterocycles. The number of alkyl halides is 3. The van der Waals surface area contributed by atoms with Crippen molar-refractivity contribution in [2.45, 2.75) is 37.6 Å². The zero-order valence-electron chi connectivity index (χ0n) is 19.2. The molecule has 6 rings (SSSR count). The highest BCUT2D eigenvalue weighted by molar-refractivity contribution is 5.93. The lowest BCUT2D eigenvalue weighted by molar-refractivity contribution is -0.137. The second-order valence-electron chi connectivity index (χ2n) is 9.62. The van der Waals surface area contributed by atoms with Gasteiger partial charge in [-0.1, -0.05) is 6.42 Å². The van der Waals surface area contributed by atoms with Crippen LogP contribution in [-0.2, 0) is 10.9 Å². The summed E-state index contributed by atoms with van der Waals surface area (Å²) in [5.41, 5.74) is 0.569. The number of nitrogens with zero attached hydrogens (tertiary/aromatic N) is 3. The van der Waals surface area contributed by atoms with Crippen LogP contribution in [0, 0.1) is 11.8 Å². The molecule has 0 aromatic carbocycles. The van der Waals surface area contributed by atoms with E-state index < -0.39 is 11.7 Å². The Balaban J connectivity index is 1.35. The van der Waals surface area contributed by atoms with Crippen molar-refractivity contribution >= 4 is 17.0 Å². The van der Waals surface area contributed by atoms with E-state index in [1.165, 1.54) is 6.42 Å². The van der Waals surface area contributed by atoms with Gasteiger partial charge >= 0.3 is 6.18 Å². The molecule has 3 aromatic heterocycles. The first-order valence-corrected chi connectivity index (χ1v) is 12.2. The Morgan fingerprint density at radius 2 is 1.97 bits per heavy atom. The van der Waals surface area contributed by atoms with Crippen molar-refractivity contribution in [2.75, 3.05) is 38.1 Å². The monoisotopic (exact) mass is 487 g/mol. The van der Waals surface area contributed by atoms with Crippen LogP contribution in [0.15, 0.2) is 24.5 Å². The molecule has 0 amide bonds. The summed E-state index contributed by atoms with van der Waals surface area (Å²) in [6.07, 6.45) is 0.884. The zero-order chi connectivity index (χ0) is 24.0. The maximum Gasteiger partial charge on any atom is 0.419 e. The molecule has 2 aliphatic heterocycles. The van der Waals surface area contributed by atoms with Crippen LogP contribution < -0.4 is 16.0 Å². The lowest BCUT2D eigenvalue weighted by atomic mass is 9.78. The molecule has 3 aromatic rings. The number of hydrogen-bond acceptors (Lipinski definition) is 7. The van der Waals surface area contributed by atoms with Crippen LogP contribution in [0.2, 0.25) is 0 Å². The molecule has 0 bridgehead atoms. The number of ether oxygens (including phenoxy) is 1. The second-order valence-corrected chi connectivity index (χ2v) is 9.62. The van der Waals surface area contributed by atoms with Crippen LogP contribution in [0.3, 0.4) is 0 Å². The van der Waals surface area contributed by atoms with Gasteiger partial charge in [-0.3, -0.25) is 0 Å². The number of anilines is 1. The van der Waals surface area contributed by atoms with Crippen molar-refractivity contribution in [3.63, 3.8) is 0 Å². The molecule has 4 atom stereocenters. The topological polar surface area (TPSA) is 99.8 Å². The van der Waals surface area contributed by atoms with Crippen LogP contribution >= 0.6 is 0 Å². The molecule has 8 nitrogen and oxygen atoms in total. The number of aromatic amines is 1. The Bertz CT molecular complexity index is 1210. The van der Waals surface area contributed by atoms with Gasteiger partial charge in [0, 0.05) is 49.0 Å². The number of fused-ring (bicyclic) bond motifs is 2. The highest BCUT2D eigenvalue weighted by Gasteiger charge is 2.38. The number of hydrogen-bond donors (Lipinski definition) is 4. The predicted octanol–water partition coefficient (Wildman–Crippen LogP) is 3.50. The van der Waals surface area contributed by atoms with E-state index in [1.807, 2.05) is 0 Å². The average Bonchev–Trinajstić information content (AvgIpc) is 3.51. The predicted molar refractivity (Wildman–Crippen MR) is 125 cm³/mol. The van der Waals surface area contributed by atoms with Gasteiger partial charge in [-0.2, -0.15) is 13.2 Å². The minimum atomic E-state index is -4.59. The molecule has 2 saturated heterocycles. The van der Waals surface area contributed by atoms with E-state index in [0.717, 1.165) is 44.4 Å². The number of nitrogens with one attached hydrogen (secondary N) is 4. The molecule has 11 heteroatoms. The Labute approximate surface area is 200 Å². The molecule has 1 aliphatic carbocycles. The quantitative estimate of drug-likeness (QED) is 0.447. The van der Waals surface area contributed by atoms with Gasteiger partial charge in [0.1, 0.15) is 17.3 Å². The molecule has 3 unspecified atom stereocenters. The zero-order valence-corrected chi connectivity index (χ0v) is 19.2. The fraction of sp³-hybridized carbons (Fsp3) is 0.542. The van der Waals surface area contributed by atoms with Gasteiger partial charge in [-0.25, -0.2) is 15.0 Å². The summed E-state index contributed by atoms with van der Waals surface area (Å²) in [7, 11) is 0. The molecular weight excluding hydrogens is 459 g/mol. The van der Waals surface area contributed by atoms with E-state index in [9.17, 15) is 13.2 Å². The van der Waals surface area contributed by atoms with Crippen LogP contribution in [0.4, 0.5) is 19.1 Å². The summed E-state index contributed by atoms with van der Waals surface area (Å²) in [5, 5.41) is 10.6. The van der Waals surface area contributed by atoms with Gasteiger partial charge in [0.15, 0.2) is 0 Å². The molecule has 4 N–H and O–H groups in total. The number of halogens is 3. The first-order valence-electron chi connectivity index (χ1n) is 12.2. The van der Waals surface area contributed by atoms with Crippen LogP contribution in [0.25, 0.3) is 22.3 Å². The third-order valence-corrected chi connectivity index (χ3v) is 7.48. The maximum absolute atomic E-state index is 14.0. The van der Waals surface area contributed by atoms with Gasteiger partial charge in [0.25, 0.3) is 0 Å². The molecule has 3 fully saturated rings. The van der Waals surface area contributed by atoms with E-state index in [4.69, 9.17) is 4.74 Å². The van der Waals surface area contributed by atoms with Crippen molar-refractivity contribution in [3.05, 3.63) is 35.8 Å². The first-order chi connectivity index (χ1) is 17.0. The first kappa shape index (κ1) is 22.7. The number of aromatic nitrogens is 4. The van der Waals surface area contributed by atoms with Crippen LogP contribution in [-0.4, -0.2) is 58.8 Å². The largest absolute Gasteiger partial charge is 0.419 e. The van der Waals surface area contributed by atoms with Gasteiger partial charge in [-0.15, -0.1) is 0 Å². The molecule has 3 aliphatic rings. The fourth-order valence-corrected chi connectivity index (χ4v) is 5.71. The SMILES string of the molecule is FC(F)(F)c1cnc(NC2CCCC3CNC[C@H]32)nc1-c1c[nH]c2nc(C3CNCCO3)ccc12. The Hall–Kier alpha value is -2.76. The van der Waals surface area contributed by atoms with E-state index >= 15 is 0 Å². The molecule has 186 valence electrons. The Morgan fingerprint density at radius 3 is 2.80 bits per heavy atom. The van der Waals surface area contributed by atoms with Crippen molar-refractivity contribution in [1.29, 1.82) is 0 Å². The highest BCUT2D eigenvalue weighted by Crippen LogP contribution is 2.39. The number of morpholine rings is 1. The van der Waals surface area contributed by atoms with Gasteiger partial charge < -0.3 is 25.7 Å². The lowest BCUT2D eigenvalue weighted by Gasteiger charge is -2.33. The van der Waals surface area contributed by atoms with Crippen molar-refractivity contribution in [1.82, 2.24) is 30.6 Å². The Morgan fingerprint density at radius 1 is 1.06 bits per heavy atom. The molecular formula is C24H28F3N7O. The second kappa shape index (κ2) is 9.03. The number of pyridine rings is 1. The Kier molecular flexibility index (Phi) is 5.85. The van der Waals surface area contributed by atoms with Gasteiger partial charge in [0.2, 0.25) is 5.95 Å². The van der Waals surface area contributed by atoms with E-state index in [2.05, 4.69) is 35.9 Å². The van der Waals surface area contributed by atoms with Crippen LogP contribution in [0.5, 0.6) is 0 Å². The summed E-state index contributed by atoms with van der Waals surface area (Å²) in [5.74, 6) is 1.25. The number of H-pyrrole nitrogens is 1. The van der Waals surface area contributed by atoms with Crippen molar-refractivity contribution in [2.24, 2.45) is 11.8 Å². The lowest BCUT2D eigenvalue weighted by Crippen LogP contribution is -2.38. The maximum atomic E-state index is 14.0. The standard InChI is InChI=1S/C24H28F3N7O/c25-24(26,27)17-11-31-23(33-18-3-1-2-13-8-29-9-15(13)18)34-21(17)16-10-30-22-14(16)4-5-19(32-22)20-12-28-6-7-35-20/h4-5,10-11,13,15,18,20,28-29H,1-3,6-9,12H2,(H,30,32)(H,31,33,34)/t13?,15-,18?,20?/m1/s1. The van der Waals surface area contributed by atoms with Crippen molar-refractivity contribution in [3.8, 4) is 11.3 Å². The normalized spacial score (nSPS) is 27.2.